The summed E-state index contributed by atoms with van der Waals surface area (Å²) in [6.07, 6.45) is 6.56. The molecular weight excluding hydrogens is 892 g/mol. The van der Waals surface area contributed by atoms with Gasteiger partial charge in [-0.15, -0.1) is 35.2 Å². The maximum Gasteiger partial charge on any atom is 2.00 e. The Kier molecular flexibility index (Phi) is 10.7. The predicted octanol–water partition coefficient (Wildman–Crippen LogP) is 13.2. The summed E-state index contributed by atoms with van der Waals surface area (Å²) >= 11 is 0. The summed E-state index contributed by atoms with van der Waals surface area (Å²) in [6, 6.07) is 47.5. The average molecular weight is 944 g/mol. The van der Waals surface area contributed by atoms with E-state index < -0.39 is 0 Å². The number of hydrogen-bond acceptors (Lipinski definition) is 4. The largest absolute Gasteiger partial charge is 2.00 e. The van der Waals surface area contributed by atoms with E-state index >= 15 is 0 Å². The van der Waals surface area contributed by atoms with Crippen molar-refractivity contribution in [3.63, 3.8) is 0 Å². The minimum atomic E-state index is -0.306. The molecule has 5 aromatic carbocycles. The molecule has 5 nitrogen and oxygen atoms in total. The molecule has 0 amide bonds. The van der Waals surface area contributed by atoms with Crippen LogP contribution in [0.15, 0.2) is 120 Å². The molecule has 0 saturated carbocycles. The van der Waals surface area contributed by atoms with Gasteiger partial charge in [0, 0.05) is 17.4 Å². The van der Waals surface area contributed by atoms with Crippen LogP contribution in [-0.4, -0.2) is 28.1 Å². The van der Waals surface area contributed by atoms with Crippen LogP contribution in [0.4, 0.5) is 17.1 Å². The first-order valence-electron chi connectivity index (χ1n) is 20.8. The van der Waals surface area contributed by atoms with Gasteiger partial charge in [0.25, 0.3) is 0 Å². The fraction of sp³-hybridized carbons (Fsp3) is 0.308. The molecule has 4 heterocycles. The van der Waals surface area contributed by atoms with E-state index in [4.69, 9.17) is 14.7 Å². The van der Waals surface area contributed by atoms with Crippen molar-refractivity contribution in [1.29, 1.82) is 0 Å². The van der Waals surface area contributed by atoms with Gasteiger partial charge in [0.15, 0.2) is 0 Å². The molecule has 58 heavy (non-hydrogen) atoms. The maximum atomic E-state index is 6.50. The Hall–Kier alpha value is -4.99. The van der Waals surface area contributed by atoms with Crippen molar-refractivity contribution in [3.05, 3.63) is 150 Å². The molecule has 296 valence electrons. The van der Waals surface area contributed by atoms with Crippen LogP contribution in [0.3, 0.4) is 0 Å². The van der Waals surface area contributed by atoms with Crippen molar-refractivity contribution in [2.75, 3.05) is 11.5 Å². The summed E-state index contributed by atoms with van der Waals surface area (Å²) in [7, 11) is 0. The smallest absolute Gasteiger partial charge is 0.518 e. The Balaban J connectivity index is 0.00000469. The standard InChI is InChI=1S/C52H52N4O.Pt/c1-8-17-35(18-9-2)44-33-57-50(54-44)37-27-36(34-19-11-10-12-20-34)28-39(29-37)55-46-24-16-14-22-42(46)52(6,7)43-31-41-40-21-13-15-23-45(40)56(47(41)32-48(43)55)49-30-38(25-26-53-49)51(3,4)5;/h10-16,19-28,30-31,35,44H,8-9,17-18,33H2,1-7H3;/q-2;+2/t44-;/m0./s1. The van der Waals surface area contributed by atoms with Crippen molar-refractivity contribution < 1.29 is 25.8 Å². The molecule has 0 radical (unpaired) electrons. The zero-order valence-corrected chi connectivity index (χ0v) is 36.9. The van der Waals surface area contributed by atoms with E-state index in [9.17, 15) is 0 Å². The second-order valence-electron chi connectivity index (χ2n) is 17.5. The Labute approximate surface area is 358 Å². The topological polar surface area (TPSA) is 42.6 Å². The second kappa shape index (κ2) is 15.6. The van der Waals surface area contributed by atoms with Crippen LogP contribution in [0, 0.1) is 18.1 Å². The SMILES string of the molecule is CCCC(CCC)[C@@H]1COC(c2[c-]c(N3c4[c-]c5c(cc4C(C)(C)c4ccccc43)c3ccccc3n5-c3cc(C(C)(C)C)ccn3)cc(-c3ccccc3)c2)=N1.[Pt+2]. The van der Waals surface area contributed by atoms with Gasteiger partial charge in [0.1, 0.15) is 11.7 Å². The maximum absolute atomic E-state index is 6.50. The number of para-hydroxylation sites is 2. The monoisotopic (exact) mass is 943 g/mol. The van der Waals surface area contributed by atoms with Gasteiger partial charge >= 0.3 is 21.1 Å². The molecule has 0 aliphatic carbocycles. The molecule has 0 unspecified atom stereocenters. The molecule has 2 aliphatic heterocycles. The first kappa shape index (κ1) is 39.8. The van der Waals surface area contributed by atoms with Gasteiger partial charge in [-0.25, -0.2) is 4.98 Å². The summed E-state index contributed by atoms with van der Waals surface area (Å²) in [4.78, 5) is 12.6. The van der Waals surface area contributed by atoms with E-state index in [-0.39, 0.29) is 37.9 Å². The number of aromatic nitrogens is 2. The van der Waals surface area contributed by atoms with Gasteiger partial charge in [0.2, 0.25) is 0 Å². The molecule has 0 bridgehead atoms. The number of benzene rings is 5. The van der Waals surface area contributed by atoms with E-state index in [1.165, 1.54) is 22.1 Å². The van der Waals surface area contributed by atoms with Crippen LogP contribution >= 0.6 is 0 Å². The number of aliphatic imine (C=N–C) groups is 1. The van der Waals surface area contributed by atoms with Crippen molar-refractivity contribution in [1.82, 2.24) is 9.55 Å². The third-order valence-corrected chi connectivity index (χ3v) is 12.2. The molecule has 6 heteroatoms. The van der Waals surface area contributed by atoms with Gasteiger partial charge in [-0.1, -0.05) is 150 Å². The average Bonchev–Trinajstić information content (AvgIpc) is 3.84. The van der Waals surface area contributed by atoms with E-state index in [1.807, 2.05) is 6.20 Å². The molecule has 0 spiro atoms. The summed E-state index contributed by atoms with van der Waals surface area (Å²) < 4.78 is 8.80. The molecule has 1 atom stereocenters. The quantitative estimate of drug-likeness (QED) is 0.135. The van der Waals surface area contributed by atoms with Crippen LogP contribution in [0.25, 0.3) is 38.8 Å². The van der Waals surface area contributed by atoms with Crippen molar-refractivity contribution >= 4 is 44.8 Å². The molecule has 9 rings (SSSR count). The Morgan fingerprint density at radius 2 is 1.52 bits per heavy atom. The van der Waals surface area contributed by atoms with Crippen molar-refractivity contribution in [2.24, 2.45) is 10.9 Å². The molecular formula is C52H52N4OPt. The second-order valence-corrected chi connectivity index (χ2v) is 17.5. The van der Waals surface area contributed by atoms with Crippen LogP contribution in [0.2, 0.25) is 0 Å². The summed E-state index contributed by atoms with van der Waals surface area (Å²) in [5.41, 5.74) is 11.6. The number of rotatable bonds is 9. The van der Waals surface area contributed by atoms with Gasteiger partial charge in [-0.2, -0.15) is 6.07 Å². The number of ether oxygens (including phenoxy) is 1. The first-order valence-corrected chi connectivity index (χ1v) is 20.8. The van der Waals surface area contributed by atoms with Crippen LogP contribution in [0.1, 0.15) is 96.4 Å². The molecule has 0 N–H and O–H groups in total. The minimum absolute atomic E-state index is 0. The zero-order chi connectivity index (χ0) is 39.5. The Bertz CT molecular complexity index is 2640. The molecule has 7 aromatic rings. The Morgan fingerprint density at radius 3 is 2.28 bits per heavy atom. The summed E-state index contributed by atoms with van der Waals surface area (Å²) in [5, 5.41) is 2.35. The molecule has 0 fully saturated rings. The third-order valence-electron chi connectivity index (χ3n) is 12.2. The van der Waals surface area contributed by atoms with Crippen molar-refractivity contribution in [3.8, 4) is 16.9 Å². The summed E-state index contributed by atoms with van der Waals surface area (Å²) in [6.45, 7) is 16.6. The molecule has 2 aromatic heterocycles. The van der Waals surface area contributed by atoms with Crippen LogP contribution in [-0.2, 0) is 36.6 Å². The van der Waals surface area contributed by atoms with Crippen molar-refractivity contribution in [2.45, 2.75) is 91.0 Å². The zero-order valence-electron chi connectivity index (χ0n) is 34.7. The van der Waals surface area contributed by atoms with E-state index in [1.54, 1.807) is 0 Å². The van der Waals surface area contributed by atoms with Gasteiger partial charge in [0.05, 0.1) is 12.6 Å². The summed E-state index contributed by atoms with van der Waals surface area (Å²) in [5.74, 6) is 2.09. The normalized spacial score (nSPS) is 15.9. The van der Waals surface area contributed by atoms with Crippen LogP contribution in [0.5, 0.6) is 0 Å². The number of pyridine rings is 1. The van der Waals surface area contributed by atoms with Gasteiger partial charge < -0.3 is 14.2 Å². The fourth-order valence-corrected chi connectivity index (χ4v) is 9.17. The van der Waals surface area contributed by atoms with Gasteiger partial charge in [-0.3, -0.25) is 4.99 Å². The van der Waals surface area contributed by atoms with E-state index in [0.29, 0.717) is 18.4 Å². The molecule has 2 aliphatic rings. The fourth-order valence-electron chi connectivity index (χ4n) is 9.17. The predicted molar refractivity (Wildman–Crippen MR) is 237 cm³/mol. The third kappa shape index (κ3) is 6.90. The van der Waals surface area contributed by atoms with E-state index in [0.717, 1.165) is 81.7 Å². The molecule has 0 saturated heterocycles. The Morgan fingerprint density at radius 1 is 0.793 bits per heavy atom. The van der Waals surface area contributed by atoms with E-state index in [2.05, 4.69) is 179 Å². The van der Waals surface area contributed by atoms with Gasteiger partial charge in [-0.05, 0) is 81.6 Å². The van der Waals surface area contributed by atoms with Crippen LogP contribution < -0.4 is 4.90 Å². The number of hydrogen-bond donors (Lipinski definition) is 0. The number of nitrogens with zero attached hydrogens (tertiary/aromatic N) is 4. The first-order chi connectivity index (χ1) is 27.6. The number of anilines is 3. The number of fused-ring (bicyclic) bond motifs is 5. The minimum Gasteiger partial charge on any atom is -0.518 e.